The van der Waals surface area contributed by atoms with Gasteiger partial charge in [-0.2, -0.15) is 0 Å². The van der Waals surface area contributed by atoms with Crippen LogP contribution in [0, 0.1) is 18.8 Å². The van der Waals surface area contributed by atoms with Crippen molar-refractivity contribution in [2.45, 2.75) is 63.0 Å². The molecule has 0 unspecified atom stereocenters. The molecule has 45 heavy (non-hydrogen) atoms. The van der Waals surface area contributed by atoms with Crippen LogP contribution in [0.25, 0.3) is 0 Å². The number of benzene rings is 3. The van der Waals surface area contributed by atoms with Gasteiger partial charge in [0, 0.05) is 30.4 Å². The summed E-state index contributed by atoms with van der Waals surface area (Å²) in [5.74, 6) is 0.880. The van der Waals surface area contributed by atoms with Crippen molar-refractivity contribution in [1.29, 1.82) is 0 Å². The second kappa shape index (κ2) is 13.1. The lowest BCUT2D eigenvalue weighted by Crippen LogP contribution is -2.42. The van der Waals surface area contributed by atoms with Crippen LogP contribution in [0.3, 0.4) is 0 Å². The molecule has 0 saturated carbocycles. The quantitative estimate of drug-likeness (QED) is 0.207. The minimum Gasteiger partial charge on any atom is -0.496 e. The SMILES string of the molecule is COc1cc([C@@H](O)[C@@H](CC2Cc3ccccc3C2)Cn2ccc(C(C)(C)C(=O)NS(=O)(=O)c3ccccc3)c2)cc(OC)c1C. The molecule has 2 atom stereocenters. The average molecular weight is 631 g/mol. The first kappa shape index (κ1) is 32.3. The molecule has 1 amide bonds. The van der Waals surface area contributed by atoms with Crippen LogP contribution in [0.15, 0.2) is 90.1 Å². The van der Waals surface area contributed by atoms with Crippen LogP contribution < -0.4 is 14.2 Å². The van der Waals surface area contributed by atoms with Gasteiger partial charge in [0.25, 0.3) is 10.0 Å². The van der Waals surface area contributed by atoms with E-state index in [2.05, 4.69) is 29.0 Å². The first-order valence-electron chi connectivity index (χ1n) is 15.2. The van der Waals surface area contributed by atoms with E-state index >= 15 is 0 Å². The minimum atomic E-state index is -4.02. The van der Waals surface area contributed by atoms with Gasteiger partial charge < -0.3 is 19.1 Å². The van der Waals surface area contributed by atoms with Gasteiger partial charge in [0.2, 0.25) is 5.91 Å². The highest BCUT2D eigenvalue weighted by Crippen LogP contribution is 2.39. The number of nitrogens with one attached hydrogen (secondary N) is 1. The van der Waals surface area contributed by atoms with Crippen molar-refractivity contribution in [1.82, 2.24) is 9.29 Å². The van der Waals surface area contributed by atoms with E-state index in [1.165, 1.54) is 23.3 Å². The maximum absolute atomic E-state index is 13.3. The number of methoxy groups -OCH3 is 2. The maximum atomic E-state index is 13.3. The number of hydrogen-bond donors (Lipinski definition) is 2. The van der Waals surface area contributed by atoms with Gasteiger partial charge in [-0.1, -0.05) is 42.5 Å². The fourth-order valence-electron chi connectivity index (χ4n) is 6.33. The molecule has 0 bridgehead atoms. The van der Waals surface area contributed by atoms with Crippen molar-refractivity contribution in [3.63, 3.8) is 0 Å². The molecule has 0 radical (unpaired) electrons. The molecule has 1 aliphatic rings. The van der Waals surface area contributed by atoms with Gasteiger partial charge >= 0.3 is 0 Å². The summed E-state index contributed by atoms with van der Waals surface area (Å²) in [5.41, 5.74) is 3.83. The van der Waals surface area contributed by atoms with Gasteiger partial charge in [0.1, 0.15) is 11.5 Å². The van der Waals surface area contributed by atoms with Crippen LogP contribution in [0.5, 0.6) is 11.5 Å². The topological polar surface area (TPSA) is 107 Å². The third-order valence-electron chi connectivity index (χ3n) is 9.10. The maximum Gasteiger partial charge on any atom is 0.264 e. The number of aromatic nitrogens is 1. The highest BCUT2D eigenvalue weighted by molar-refractivity contribution is 7.90. The smallest absolute Gasteiger partial charge is 0.264 e. The lowest BCUT2D eigenvalue weighted by Gasteiger charge is -2.28. The van der Waals surface area contributed by atoms with Crippen molar-refractivity contribution in [3.8, 4) is 11.5 Å². The Bertz CT molecular complexity index is 1710. The summed E-state index contributed by atoms with van der Waals surface area (Å²) in [6.45, 7) is 5.82. The van der Waals surface area contributed by atoms with E-state index in [9.17, 15) is 18.3 Å². The van der Waals surface area contributed by atoms with Gasteiger partial charge in [-0.3, -0.25) is 4.79 Å². The molecule has 0 aliphatic heterocycles. The highest BCUT2D eigenvalue weighted by Gasteiger charge is 2.35. The number of amides is 1. The lowest BCUT2D eigenvalue weighted by molar-refractivity contribution is -0.123. The molecule has 9 heteroatoms. The zero-order valence-corrected chi connectivity index (χ0v) is 27.3. The summed E-state index contributed by atoms with van der Waals surface area (Å²) in [5, 5.41) is 11.9. The van der Waals surface area contributed by atoms with E-state index in [0.717, 1.165) is 24.8 Å². The standard InChI is InChI=1S/C36H42N2O6S/c1-24-32(43-4)20-28(21-33(24)44-5)34(39)29(19-25-17-26-11-9-10-12-27(26)18-25)22-38-16-15-30(23-38)36(2,3)35(40)37-45(41,42)31-13-7-6-8-14-31/h6-16,20-21,23,25,29,34,39H,17-19,22H2,1-5H3,(H,37,40)/t29-,34+/m0/s1. The molecule has 0 spiro atoms. The Balaban J connectivity index is 1.39. The number of sulfonamides is 1. The molecule has 0 saturated heterocycles. The number of aliphatic hydroxyl groups excluding tert-OH is 1. The van der Waals surface area contributed by atoms with E-state index in [4.69, 9.17) is 9.47 Å². The Morgan fingerprint density at radius 3 is 2.13 bits per heavy atom. The minimum absolute atomic E-state index is 0.0296. The second-order valence-corrected chi connectivity index (χ2v) is 14.2. The lowest BCUT2D eigenvalue weighted by atomic mass is 9.85. The molecule has 4 aromatic rings. The molecule has 3 aromatic carbocycles. The summed E-state index contributed by atoms with van der Waals surface area (Å²) in [6, 6.07) is 21.9. The third-order valence-corrected chi connectivity index (χ3v) is 10.4. The molecule has 5 rings (SSSR count). The monoisotopic (exact) mass is 630 g/mol. The molecule has 2 N–H and O–H groups in total. The fourth-order valence-corrected chi connectivity index (χ4v) is 7.46. The molecule has 1 aliphatic carbocycles. The predicted octanol–water partition coefficient (Wildman–Crippen LogP) is 5.75. The number of hydrogen-bond acceptors (Lipinski definition) is 6. The Morgan fingerprint density at radius 1 is 0.978 bits per heavy atom. The summed E-state index contributed by atoms with van der Waals surface area (Å²) >= 11 is 0. The van der Waals surface area contributed by atoms with Crippen LogP contribution in [0.2, 0.25) is 0 Å². The van der Waals surface area contributed by atoms with Crippen LogP contribution in [-0.2, 0) is 39.6 Å². The van der Waals surface area contributed by atoms with E-state index in [-0.39, 0.29) is 10.8 Å². The largest absolute Gasteiger partial charge is 0.496 e. The van der Waals surface area contributed by atoms with Crippen molar-refractivity contribution in [3.05, 3.63) is 113 Å². The fraction of sp³-hybridized carbons (Fsp3) is 0.361. The van der Waals surface area contributed by atoms with Crippen LogP contribution in [0.1, 0.15) is 54.2 Å². The number of nitrogens with zero attached hydrogens (tertiary/aromatic N) is 1. The number of rotatable bonds is 12. The van der Waals surface area contributed by atoms with Gasteiger partial charge in [-0.05, 0) is 98.5 Å². The Kier molecular flexibility index (Phi) is 9.41. The Hall–Kier alpha value is -4.08. The van der Waals surface area contributed by atoms with E-state index in [1.807, 2.05) is 42.1 Å². The van der Waals surface area contributed by atoms with Crippen molar-refractivity contribution in [2.75, 3.05) is 14.2 Å². The van der Waals surface area contributed by atoms with Crippen molar-refractivity contribution >= 4 is 15.9 Å². The molecule has 0 fully saturated rings. The van der Waals surface area contributed by atoms with Gasteiger partial charge in [0.15, 0.2) is 0 Å². The summed E-state index contributed by atoms with van der Waals surface area (Å²) in [7, 11) is -0.802. The van der Waals surface area contributed by atoms with Gasteiger partial charge in [-0.25, -0.2) is 13.1 Å². The number of aliphatic hydroxyl groups is 1. The van der Waals surface area contributed by atoms with Crippen molar-refractivity contribution < 1.29 is 27.8 Å². The van der Waals surface area contributed by atoms with Crippen LogP contribution >= 0.6 is 0 Å². The molecule has 238 valence electrons. The van der Waals surface area contributed by atoms with Crippen LogP contribution in [-0.4, -0.2) is 38.2 Å². The van der Waals surface area contributed by atoms with E-state index < -0.39 is 27.4 Å². The Labute approximate surface area is 266 Å². The van der Waals surface area contributed by atoms with E-state index in [1.54, 1.807) is 46.3 Å². The molecular weight excluding hydrogens is 588 g/mol. The number of ether oxygens (including phenoxy) is 2. The first-order valence-corrected chi connectivity index (χ1v) is 16.7. The zero-order valence-electron chi connectivity index (χ0n) is 26.5. The highest BCUT2D eigenvalue weighted by atomic mass is 32.2. The molecule has 1 aromatic heterocycles. The normalized spacial score (nSPS) is 14.9. The summed E-state index contributed by atoms with van der Waals surface area (Å²) in [6.07, 6.45) is 5.64. The molecular formula is C36H42N2O6S. The number of carbonyl (C=O) groups excluding carboxylic acids is 1. The number of fused-ring (bicyclic) bond motifs is 1. The second-order valence-electron chi connectivity index (χ2n) is 12.5. The average Bonchev–Trinajstić information content (AvgIpc) is 3.68. The summed E-state index contributed by atoms with van der Waals surface area (Å²) in [4.78, 5) is 13.3. The van der Waals surface area contributed by atoms with Crippen molar-refractivity contribution in [2.24, 2.45) is 11.8 Å². The third kappa shape index (κ3) is 6.94. The number of carbonyl (C=O) groups is 1. The Morgan fingerprint density at radius 2 is 1.56 bits per heavy atom. The van der Waals surface area contributed by atoms with Gasteiger partial charge in [0.05, 0.1) is 30.6 Å². The molecule has 1 heterocycles. The van der Waals surface area contributed by atoms with Crippen LogP contribution in [0.4, 0.5) is 0 Å². The first-order chi connectivity index (χ1) is 21.4. The molecule has 8 nitrogen and oxygen atoms in total. The van der Waals surface area contributed by atoms with Gasteiger partial charge in [-0.15, -0.1) is 0 Å². The zero-order chi connectivity index (χ0) is 32.4. The van der Waals surface area contributed by atoms with E-state index in [0.29, 0.717) is 35.1 Å². The summed E-state index contributed by atoms with van der Waals surface area (Å²) < 4.78 is 41.1. The predicted molar refractivity (Wildman–Crippen MR) is 174 cm³/mol.